The Labute approximate surface area is 108 Å². The molecule has 0 aliphatic heterocycles. The van der Waals surface area contributed by atoms with Gasteiger partial charge in [0.15, 0.2) is 0 Å². The van der Waals surface area contributed by atoms with Crippen molar-refractivity contribution in [3.8, 4) is 0 Å². The van der Waals surface area contributed by atoms with Gasteiger partial charge in [-0.1, -0.05) is 41.5 Å². The van der Waals surface area contributed by atoms with E-state index >= 15 is 0 Å². The number of rotatable bonds is 4. The van der Waals surface area contributed by atoms with Crippen LogP contribution in [0.5, 0.6) is 0 Å². The van der Waals surface area contributed by atoms with Crippen molar-refractivity contribution in [3.05, 3.63) is 0 Å². The second-order valence-electron chi connectivity index (χ2n) is 6.94. The first-order chi connectivity index (χ1) is 7.74. The maximum atomic E-state index is 11.6. The van der Waals surface area contributed by atoms with Crippen LogP contribution in [0.3, 0.4) is 0 Å². The van der Waals surface area contributed by atoms with Gasteiger partial charge < -0.3 is 15.9 Å². The number of nitrogens with two attached hydrogens (primary N) is 1. The molecule has 4 N–H and O–H groups in total. The fourth-order valence-electron chi connectivity index (χ4n) is 2.32. The van der Waals surface area contributed by atoms with Crippen LogP contribution in [0.4, 0.5) is 0 Å². The summed E-state index contributed by atoms with van der Waals surface area (Å²) in [6.45, 7) is 10.6. The van der Waals surface area contributed by atoms with Crippen molar-refractivity contribution < 1.29 is 19.8 Å². The second-order valence-corrected chi connectivity index (χ2v) is 6.94. The van der Waals surface area contributed by atoms with Gasteiger partial charge in [0.1, 0.15) is 5.54 Å². The molecule has 0 aromatic carbocycles. The molecule has 0 saturated carbocycles. The van der Waals surface area contributed by atoms with Crippen molar-refractivity contribution in [3.63, 3.8) is 0 Å². The van der Waals surface area contributed by atoms with Gasteiger partial charge in [-0.15, -0.1) is 0 Å². The first-order valence-corrected chi connectivity index (χ1v) is 5.98. The number of hydrogen-bond acceptors (Lipinski definition) is 3. The van der Waals surface area contributed by atoms with Crippen molar-refractivity contribution in [2.24, 2.45) is 22.5 Å². The maximum Gasteiger partial charge on any atom is 0.324 e. The van der Waals surface area contributed by atoms with Crippen LogP contribution in [0.2, 0.25) is 0 Å². The van der Waals surface area contributed by atoms with Crippen molar-refractivity contribution in [2.45, 2.75) is 53.5 Å². The number of aliphatic carboxylic acids is 2. The molecular weight excluding hydrogens is 234 g/mol. The third-order valence-electron chi connectivity index (χ3n) is 3.57. The van der Waals surface area contributed by atoms with Crippen LogP contribution in [-0.4, -0.2) is 27.7 Å². The lowest BCUT2D eigenvalue weighted by molar-refractivity contribution is -0.157. The molecule has 106 valence electrons. The predicted molar refractivity (Wildman–Crippen MR) is 69.2 cm³/mol. The number of carbonyl (C=O) groups is 2. The van der Waals surface area contributed by atoms with Crippen LogP contribution in [0, 0.1) is 16.7 Å². The summed E-state index contributed by atoms with van der Waals surface area (Å²) in [6.07, 6.45) is -0.260. The minimum absolute atomic E-state index is 0.260. The second kappa shape index (κ2) is 4.88. The van der Waals surface area contributed by atoms with E-state index < -0.39 is 34.2 Å². The zero-order valence-electron chi connectivity index (χ0n) is 12.1. The van der Waals surface area contributed by atoms with Crippen LogP contribution >= 0.6 is 0 Å². The Morgan fingerprint density at radius 1 is 1.06 bits per heavy atom. The van der Waals surface area contributed by atoms with Crippen LogP contribution in [0.1, 0.15) is 48.0 Å². The minimum Gasteiger partial charge on any atom is -0.481 e. The summed E-state index contributed by atoms with van der Waals surface area (Å²) in [5, 5.41) is 18.5. The van der Waals surface area contributed by atoms with E-state index in [1.165, 1.54) is 0 Å². The van der Waals surface area contributed by atoms with Gasteiger partial charge >= 0.3 is 11.9 Å². The van der Waals surface area contributed by atoms with Gasteiger partial charge in [0, 0.05) is 5.92 Å². The van der Waals surface area contributed by atoms with Gasteiger partial charge in [-0.3, -0.25) is 9.59 Å². The maximum absolute atomic E-state index is 11.6. The molecule has 5 nitrogen and oxygen atoms in total. The SMILES string of the molecule is CC(C)(C)C(CC(=O)O)[C@](N)(C(=O)O)C(C)(C)C. The largest absolute Gasteiger partial charge is 0.481 e. The highest BCUT2D eigenvalue weighted by Crippen LogP contribution is 2.44. The summed E-state index contributed by atoms with van der Waals surface area (Å²) in [4.78, 5) is 22.6. The van der Waals surface area contributed by atoms with Gasteiger partial charge in [0.05, 0.1) is 6.42 Å². The molecule has 0 aliphatic carbocycles. The Kier molecular flexibility index (Phi) is 4.58. The molecule has 0 bridgehead atoms. The molecule has 1 unspecified atom stereocenters. The number of carboxylic acid groups (broad SMARTS) is 2. The molecule has 0 amide bonds. The quantitative estimate of drug-likeness (QED) is 0.716. The minimum atomic E-state index is -1.59. The monoisotopic (exact) mass is 259 g/mol. The van der Waals surface area contributed by atoms with E-state index in [4.69, 9.17) is 10.8 Å². The van der Waals surface area contributed by atoms with Gasteiger partial charge in [-0.05, 0) is 10.8 Å². The Morgan fingerprint density at radius 3 is 1.61 bits per heavy atom. The lowest BCUT2D eigenvalue weighted by Gasteiger charge is -2.48. The fourth-order valence-corrected chi connectivity index (χ4v) is 2.32. The van der Waals surface area contributed by atoms with E-state index in [1.54, 1.807) is 20.8 Å². The highest BCUT2D eigenvalue weighted by molar-refractivity contribution is 5.81. The van der Waals surface area contributed by atoms with Gasteiger partial charge in [0.2, 0.25) is 0 Å². The Bertz CT molecular complexity index is 338. The van der Waals surface area contributed by atoms with E-state index in [1.807, 2.05) is 20.8 Å². The predicted octanol–water partition coefficient (Wildman–Crippen LogP) is 1.95. The Hall–Kier alpha value is -1.10. The standard InChI is InChI=1S/C13H25NO4/c1-11(2,3)8(7-9(15)16)13(14,10(17)18)12(4,5)6/h8H,7,14H2,1-6H3,(H,15,16)(H,17,18)/t8?,13-/m0/s1. The molecule has 0 heterocycles. The molecule has 0 radical (unpaired) electrons. The summed E-state index contributed by atoms with van der Waals surface area (Å²) in [7, 11) is 0. The lowest BCUT2D eigenvalue weighted by Crippen LogP contribution is -2.65. The zero-order valence-corrected chi connectivity index (χ0v) is 12.1. The van der Waals surface area contributed by atoms with Crippen molar-refractivity contribution in [2.75, 3.05) is 0 Å². The van der Waals surface area contributed by atoms with Gasteiger partial charge in [-0.25, -0.2) is 0 Å². The molecule has 0 fully saturated rings. The number of carboxylic acids is 2. The third kappa shape index (κ3) is 3.22. The normalized spacial score (nSPS) is 17.9. The summed E-state index contributed by atoms with van der Waals surface area (Å²) in [6, 6.07) is 0. The summed E-state index contributed by atoms with van der Waals surface area (Å²) in [5.74, 6) is -2.86. The van der Waals surface area contributed by atoms with E-state index in [2.05, 4.69) is 0 Å². The summed E-state index contributed by atoms with van der Waals surface area (Å²) in [5.41, 5.74) is 3.28. The van der Waals surface area contributed by atoms with E-state index in [0.717, 1.165) is 0 Å². The molecule has 0 spiro atoms. The molecular formula is C13H25NO4. The first-order valence-electron chi connectivity index (χ1n) is 5.98. The average Bonchev–Trinajstić information content (AvgIpc) is 2.08. The average molecular weight is 259 g/mol. The Morgan fingerprint density at radius 2 is 1.44 bits per heavy atom. The van der Waals surface area contributed by atoms with E-state index in [9.17, 15) is 14.7 Å². The molecule has 0 aliphatic rings. The van der Waals surface area contributed by atoms with E-state index in [0.29, 0.717) is 0 Å². The first kappa shape index (κ1) is 16.9. The Balaban J connectivity index is 5.81. The molecule has 2 atom stereocenters. The van der Waals surface area contributed by atoms with Gasteiger partial charge in [0.25, 0.3) is 0 Å². The topological polar surface area (TPSA) is 101 Å². The highest BCUT2D eigenvalue weighted by Gasteiger charge is 2.55. The van der Waals surface area contributed by atoms with Crippen LogP contribution in [0.15, 0.2) is 0 Å². The smallest absolute Gasteiger partial charge is 0.324 e. The molecule has 0 aromatic rings. The van der Waals surface area contributed by atoms with E-state index in [-0.39, 0.29) is 6.42 Å². The number of hydrogen-bond donors (Lipinski definition) is 3. The van der Waals surface area contributed by atoms with Crippen molar-refractivity contribution in [1.82, 2.24) is 0 Å². The summed E-state index contributed by atoms with van der Waals surface area (Å²) < 4.78 is 0. The molecule has 18 heavy (non-hydrogen) atoms. The van der Waals surface area contributed by atoms with Gasteiger partial charge in [-0.2, -0.15) is 0 Å². The molecule has 0 aromatic heterocycles. The highest BCUT2D eigenvalue weighted by atomic mass is 16.4. The third-order valence-corrected chi connectivity index (χ3v) is 3.57. The van der Waals surface area contributed by atoms with Crippen LogP contribution < -0.4 is 5.73 Å². The molecule has 0 rings (SSSR count). The van der Waals surface area contributed by atoms with Crippen LogP contribution in [-0.2, 0) is 9.59 Å². The molecule has 0 saturated heterocycles. The zero-order chi connectivity index (χ0) is 14.9. The van der Waals surface area contributed by atoms with Crippen LogP contribution in [0.25, 0.3) is 0 Å². The summed E-state index contributed by atoms with van der Waals surface area (Å²) >= 11 is 0. The van der Waals surface area contributed by atoms with Crippen molar-refractivity contribution >= 4 is 11.9 Å². The molecule has 5 heteroatoms. The van der Waals surface area contributed by atoms with Crippen molar-refractivity contribution in [1.29, 1.82) is 0 Å². The fraction of sp³-hybridized carbons (Fsp3) is 0.846. The lowest BCUT2D eigenvalue weighted by atomic mass is 9.58.